The average Bonchev–Trinajstić information content (AvgIpc) is 2.82. The predicted octanol–water partition coefficient (Wildman–Crippen LogP) is 3.14. The first-order valence-electron chi connectivity index (χ1n) is 5.93. The van der Waals surface area contributed by atoms with Crippen molar-refractivity contribution >= 4 is 17.1 Å². The largest absolute Gasteiger partial charge is 0.180 e. The van der Waals surface area contributed by atoms with E-state index in [-0.39, 0.29) is 0 Å². The van der Waals surface area contributed by atoms with Gasteiger partial charge in [-0.1, -0.05) is 54.6 Å². The lowest BCUT2D eigenvalue weighted by atomic mass is 10.2. The molecule has 3 rings (SSSR count). The Hall–Kier alpha value is -2.42. The Labute approximate surface area is 105 Å². The fourth-order valence-electron chi connectivity index (χ4n) is 1.83. The van der Waals surface area contributed by atoms with Crippen molar-refractivity contribution in [3.8, 4) is 0 Å². The second-order valence-corrected chi connectivity index (χ2v) is 4.06. The zero-order valence-electron chi connectivity index (χ0n) is 9.90. The van der Waals surface area contributed by atoms with Gasteiger partial charge < -0.3 is 0 Å². The van der Waals surface area contributed by atoms with Gasteiger partial charge in [0.1, 0.15) is 11.0 Å². The second kappa shape index (κ2) is 4.84. The van der Waals surface area contributed by atoms with Gasteiger partial charge in [-0.25, -0.2) is 0 Å². The first-order chi connectivity index (χ1) is 8.92. The van der Waals surface area contributed by atoms with E-state index < -0.39 is 0 Å². The van der Waals surface area contributed by atoms with Crippen LogP contribution in [-0.4, -0.2) is 15.0 Å². The molecular formula is C15H13N3. The fraction of sp³-hybridized carbons (Fsp3) is 0.0667. The van der Waals surface area contributed by atoms with Crippen molar-refractivity contribution in [1.29, 1.82) is 0 Å². The van der Waals surface area contributed by atoms with Crippen LogP contribution >= 0.6 is 0 Å². The van der Waals surface area contributed by atoms with Gasteiger partial charge >= 0.3 is 0 Å². The zero-order chi connectivity index (χ0) is 12.2. The third kappa shape index (κ3) is 2.30. The van der Waals surface area contributed by atoms with E-state index in [1.165, 1.54) is 5.56 Å². The molecule has 0 aliphatic heterocycles. The van der Waals surface area contributed by atoms with Crippen molar-refractivity contribution < 1.29 is 0 Å². The van der Waals surface area contributed by atoms with Gasteiger partial charge in [0.15, 0.2) is 0 Å². The lowest BCUT2D eigenvalue weighted by molar-refractivity contribution is 0.613. The molecule has 0 atom stereocenters. The Morgan fingerprint density at radius 3 is 2.11 bits per heavy atom. The summed E-state index contributed by atoms with van der Waals surface area (Å²) in [6.45, 7) is 0.684. The maximum atomic E-state index is 4.40. The van der Waals surface area contributed by atoms with Gasteiger partial charge in [0.2, 0.25) is 0 Å². The number of aromatic nitrogens is 3. The highest BCUT2D eigenvalue weighted by Gasteiger charge is 1.98. The molecule has 2 aromatic carbocycles. The van der Waals surface area contributed by atoms with E-state index in [2.05, 4.69) is 34.5 Å². The number of hydrogen-bond donors (Lipinski definition) is 0. The van der Waals surface area contributed by atoms with Crippen LogP contribution in [-0.2, 0) is 6.54 Å². The van der Waals surface area contributed by atoms with E-state index in [1.54, 1.807) is 4.80 Å². The van der Waals surface area contributed by atoms with E-state index >= 15 is 0 Å². The first-order valence-corrected chi connectivity index (χ1v) is 5.93. The van der Waals surface area contributed by atoms with Crippen molar-refractivity contribution in [2.75, 3.05) is 0 Å². The molecule has 3 aromatic rings. The van der Waals surface area contributed by atoms with E-state index in [4.69, 9.17) is 0 Å². The monoisotopic (exact) mass is 235 g/mol. The van der Waals surface area contributed by atoms with Gasteiger partial charge in [0.05, 0.1) is 6.54 Å². The molecule has 18 heavy (non-hydrogen) atoms. The van der Waals surface area contributed by atoms with Crippen molar-refractivity contribution in [1.82, 2.24) is 15.0 Å². The summed E-state index contributed by atoms with van der Waals surface area (Å²) in [6, 6.07) is 18.1. The van der Waals surface area contributed by atoms with Crippen LogP contribution < -0.4 is 0 Å². The van der Waals surface area contributed by atoms with Gasteiger partial charge in [-0.3, -0.25) is 0 Å². The van der Waals surface area contributed by atoms with Crippen molar-refractivity contribution in [3.63, 3.8) is 0 Å². The van der Waals surface area contributed by atoms with Gasteiger partial charge in [-0.05, 0) is 17.7 Å². The Morgan fingerprint density at radius 2 is 1.44 bits per heavy atom. The molecule has 0 fully saturated rings. The molecule has 3 nitrogen and oxygen atoms in total. The summed E-state index contributed by atoms with van der Waals surface area (Å²) in [5.74, 6) is 0. The van der Waals surface area contributed by atoms with Gasteiger partial charge in [-0.2, -0.15) is 15.0 Å². The maximum Gasteiger partial charge on any atom is 0.113 e. The van der Waals surface area contributed by atoms with Crippen LogP contribution in [0.2, 0.25) is 0 Å². The zero-order valence-corrected chi connectivity index (χ0v) is 9.90. The normalized spacial score (nSPS) is 11.3. The van der Waals surface area contributed by atoms with Crippen LogP contribution in [0.4, 0.5) is 0 Å². The lowest BCUT2D eigenvalue weighted by Crippen LogP contribution is -1.99. The molecular weight excluding hydrogens is 222 g/mol. The molecule has 0 aliphatic rings. The number of rotatable bonds is 3. The lowest BCUT2D eigenvalue weighted by Gasteiger charge is -1.93. The topological polar surface area (TPSA) is 30.7 Å². The van der Waals surface area contributed by atoms with Gasteiger partial charge in [-0.15, -0.1) is 0 Å². The van der Waals surface area contributed by atoms with Crippen molar-refractivity contribution in [2.24, 2.45) is 0 Å². The Balaban J connectivity index is 1.75. The number of allylic oxidation sites excluding steroid dienone is 1. The summed E-state index contributed by atoms with van der Waals surface area (Å²) in [6.07, 6.45) is 4.14. The van der Waals surface area contributed by atoms with E-state index in [0.29, 0.717) is 6.54 Å². The minimum atomic E-state index is 0.684. The molecule has 88 valence electrons. The molecule has 0 N–H and O–H groups in total. The molecule has 3 heteroatoms. The fourth-order valence-corrected chi connectivity index (χ4v) is 1.83. The summed E-state index contributed by atoms with van der Waals surface area (Å²) in [7, 11) is 0. The standard InChI is InChI=1S/C15H13N3/c1-2-7-13(8-3-1)9-6-12-18-16-14-10-4-5-11-15(14)17-18/h1-11H,12H2/b9-6+. The number of hydrogen-bond acceptors (Lipinski definition) is 2. The molecule has 0 radical (unpaired) electrons. The summed E-state index contributed by atoms with van der Waals surface area (Å²) in [4.78, 5) is 1.71. The van der Waals surface area contributed by atoms with Crippen LogP contribution in [0.3, 0.4) is 0 Å². The van der Waals surface area contributed by atoms with Crippen LogP contribution in [0.1, 0.15) is 5.56 Å². The van der Waals surface area contributed by atoms with Crippen LogP contribution in [0.5, 0.6) is 0 Å². The minimum absolute atomic E-state index is 0.684. The van der Waals surface area contributed by atoms with E-state index in [9.17, 15) is 0 Å². The molecule has 0 saturated carbocycles. The highest BCUT2D eigenvalue weighted by molar-refractivity contribution is 5.72. The minimum Gasteiger partial charge on any atom is -0.180 e. The van der Waals surface area contributed by atoms with Crippen LogP contribution in [0.25, 0.3) is 17.1 Å². The summed E-state index contributed by atoms with van der Waals surface area (Å²) in [5.41, 5.74) is 3.06. The molecule has 1 heterocycles. The molecule has 0 bridgehead atoms. The molecule has 0 unspecified atom stereocenters. The van der Waals surface area contributed by atoms with Gasteiger partial charge in [0.25, 0.3) is 0 Å². The van der Waals surface area contributed by atoms with E-state index in [0.717, 1.165) is 11.0 Å². The van der Waals surface area contributed by atoms with Crippen LogP contribution in [0.15, 0.2) is 60.7 Å². The van der Waals surface area contributed by atoms with Crippen molar-refractivity contribution in [3.05, 3.63) is 66.2 Å². The highest BCUT2D eigenvalue weighted by Crippen LogP contribution is 2.07. The average molecular weight is 235 g/mol. The molecule has 1 aromatic heterocycles. The van der Waals surface area contributed by atoms with Crippen LogP contribution in [0, 0.1) is 0 Å². The summed E-state index contributed by atoms with van der Waals surface area (Å²) >= 11 is 0. The first kappa shape index (κ1) is 10.7. The third-order valence-electron chi connectivity index (χ3n) is 2.71. The predicted molar refractivity (Wildman–Crippen MR) is 73.0 cm³/mol. The Morgan fingerprint density at radius 1 is 0.833 bits per heavy atom. The molecule has 0 spiro atoms. The smallest absolute Gasteiger partial charge is 0.113 e. The SMILES string of the molecule is C(=C\c1ccccc1)/Cn1nc2ccccc2n1. The van der Waals surface area contributed by atoms with Gasteiger partial charge in [0, 0.05) is 0 Å². The highest BCUT2D eigenvalue weighted by atomic mass is 15.5. The number of fused-ring (bicyclic) bond motifs is 1. The van der Waals surface area contributed by atoms with Crippen molar-refractivity contribution in [2.45, 2.75) is 6.54 Å². The molecule has 0 amide bonds. The molecule has 0 saturated heterocycles. The molecule has 0 aliphatic carbocycles. The maximum absolute atomic E-state index is 4.40. The third-order valence-corrected chi connectivity index (χ3v) is 2.71. The number of benzene rings is 2. The Kier molecular flexibility index (Phi) is 2.88. The summed E-state index contributed by atoms with van der Waals surface area (Å²) < 4.78 is 0. The second-order valence-electron chi connectivity index (χ2n) is 4.06. The number of nitrogens with zero attached hydrogens (tertiary/aromatic N) is 3. The Bertz CT molecular complexity index is 635. The summed E-state index contributed by atoms with van der Waals surface area (Å²) in [5, 5.41) is 8.80. The van der Waals surface area contributed by atoms with E-state index in [1.807, 2.05) is 42.5 Å². The quantitative estimate of drug-likeness (QED) is 0.698.